The summed E-state index contributed by atoms with van der Waals surface area (Å²) in [6.07, 6.45) is 0. The molecular weight excluding hydrogens is 393 g/mol. The van der Waals surface area contributed by atoms with Crippen LogP contribution in [0.4, 0.5) is 8.78 Å². The molecule has 110 valence electrons. The van der Waals surface area contributed by atoms with Crippen molar-refractivity contribution in [2.45, 2.75) is 6.92 Å². The standard InChI is InChI=1S/C15H11F2IO3/c1-2-20-15(19)10-8-11(16)14(12(17)13(10)18)21-9-6-4-3-5-7-9/h3-8H,2H2,1H3. The topological polar surface area (TPSA) is 35.5 Å². The SMILES string of the molecule is CCOC(=O)c1cc(F)c(Oc2ccccc2)c(F)c1I. The van der Waals surface area contributed by atoms with Crippen LogP contribution in [-0.4, -0.2) is 12.6 Å². The molecule has 0 fully saturated rings. The zero-order chi connectivity index (χ0) is 15.4. The van der Waals surface area contributed by atoms with Crippen LogP contribution in [0, 0.1) is 15.2 Å². The normalized spacial score (nSPS) is 10.3. The fourth-order valence-electron chi connectivity index (χ4n) is 1.64. The van der Waals surface area contributed by atoms with E-state index in [2.05, 4.69) is 0 Å². The van der Waals surface area contributed by atoms with Crippen molar-refractivity contribution >= 4 is 28.6 Å². The van der Waals surface area contributed by atoms with Gasteiger partial charge in [0.2, 0.25) is 0 Å². The number of carbonyl (C=O) groups excluding carboxylic acids is 1. The van der Waals surface area contributed by atoms with E-state index in [9.17, 15) is 13.6 Å². The lowest BCUT2D eigenvalue weighted by molar-refractivity contribution is 0.0523. The maximum Gasteiger partial charge on any atom is 0.339 e. The van der Waals surface area contributed by atoms with Crippen molar-refractivity contribution in [2.75, 3.05) is 6.61 Å². The summed E-state index contributed by atoms with van der Waals surface area (Å²) in [5.41, 5.74) is -0.159. The van der Waals surface area contributed by atoms with E-state index in [0.717, 1.165) is 6.07 Å². The van der Waals surface area contributed by atoms with Gasteiger partial charge in [-0.25, -0.2) is 13.6 Å². The van der Waals surface area contributed by atoms with Crippen LogP contribution in [0.25, 0.3) is 0 Å². The second-order valence-corrected chi connectivity index (χ2v) is 5.08. The number of rotatable bonds is 4. The summed E-state index contributed by atoms with van der Waals surface area (Å²) in [7, 11) is 0. The van der Waals surface area contributed by atoms with Crippen LogP contribution in [0.3, 0.4) is 0 Å². The summed E-state index contributed by atoms with van der Waals surface area (Å²) in [6.45, 7) is 1.74. The zero-order valence-corrected chi connectivity index (χ0v) is 13.2. The smallest absolute Gasteiger partial charge is 0.339 e. The summed E-state index contributed by atoms with van der Waals surface area (Å²) >= 11 is 1.62. The van der Waals surface area contributed by atoms with Gasteiger partial charge in [-0.3, -0.25) is 0 Å². The van der Waals surface area contributed by atoms with Crippen LogP contribution in [-0.2, 0) is 4.74 Å². The molecule has 0 radical (unpaired) electrons. The lowest BCUT2D eigenvalue weighted by atomic mass is 10.2. The summed E-state index contributed by atoms with van der Waals surface area (Å²) in [5, 5.41) is 0. The summed E-state index contributed by atoms with van der Waals surface area (Å²) in [5.74, 6) is -2.90. The number of esters is 1. The average molecular weight is 404 g/mol. The van der Waals surface area contributed by atoms with E-state index in [-0.39, 0.29) is 15.7 Å². The van der Waals surface area contributed by atoms with Gasteiger partial charge in [-0.15, -0.1) is 0 Å². The minimum atomic E-state index is -0.958. The maximum absolute atomic E-state index is 14.2. The van der Waals surface area contributed by atoms with Gasteiger partial charge in [-0.05, 0) is 47.7 Å². The molecule has 0 heterocycles. The molecule has 3 nitrogen and oxygen atoms in total. The van der Waals surface area contributed by atoms with E-state index in [1.54, 1.807) is 59.8 Å². The third-order valence-corrected chi connectivity index (χ3v) is 3.63. The zero-order valence-electron chi connectivity index (χ0n) is 11.0. The summed E-state index contributed by atoms with van der Waals surface area (Å²) in [4.78, 5) is 11.6. The van der Waals surface area contributed by atoms with E-state index in [0.29, 0.717) is 5.75 Å². The van der Waals surface area contributed by atoms with E-state index in [4.69, 9.17) is 9.47 Å². The Morgan fingerprint density at radius 3 is 2.52 bits per heavy atom. The van der Waals surface area contributed by atoms with Gasteiger partial charge in [0.25, 0.3) is 0 Å². The van der Waals surface area contributed by atoms with Crippen LogP contribution < -0.4 is 4.74 Å². The lowest BCUT2D eigenvalue weighted by Crippen LogP contribution is -2.10. The van der Waals surface area contributed by atoms with Crippen molar-refractivity contribution in [3.8, 4) is 11.5 Å². The Hall–Kier alpha value is -1.70. The van der Waals surface area contributed by atoms with Crippen molar-refractivity contribution in [3.63, 3.8) is 0 Å². The van der Waals surface area contributed by atoms with Crippen LogP contribution in [0.2, 0.25) is 0 Å². The predicted molar refractivity (Wildman–Crippen MR) is 81.5 cm³/mol. The number of halogens is 3. The molecule has 0 aromatic heterocycles. The summed E-state index contributed by atoms with van der Waals surface area (Å²) < 4.78 is 38.2. The van der Waals surface area contributed by atoms with Crippen LogP contribution in [0.5, 0.6) is 11.5 Å². The van der Waals surface area contributed by atoms with Crippen molar-refractivity contribution < 1.29 is 23.0 Å². The fourth-order valence-corrected chi connectivity index (χ4v) is 2.26. The molecule has 2 aromatic carbocycles. The molecule has 0 saturated heterocycles. The molecule has 21 heavy (non-hydrogen) atoms. The number of para-hydroxylation sites is 1. The van der Waals surface area contributed by atoms with Gasteiger partial charge >= 0.3 is 5.97 Å². The van der Waals surface area contributed by atoms with Crippen molar-refractivity contribution in [2.24, 2.45) is 0 Å². The van der Waals surface area contributed by atoms with Gasteiger partial charge in [-0.1, -0.05) is 18.2 Å². The van der Waals surface area contributed by atoms with Crippen LogP contribution in [0.15, 0.2) is 36.4 Å². The molecule has 0 aliphatic rings. The molecule has 0 spiro atoms. The third-order valence-electron chi connectivity index (χ3n) is 2.57. The molecule has 0 atom stereocenters. The number of hydrogen-bond donors (Lipinski definition) is 0. The number of hydrogen-bond acceptors (Lipinski definition) is 3. The lowest BCUT2D eigenvalue weighted by Gasteiger charge is -2.11. The highest BCUT2D eigenvalue weighted by molar-refractivity contribution is 14.1. The highest BCUT2D eigenvalue weighted by atomic mass is 127. The fraction of sp³-hybridized carbons (Fsp3) is 0.133. The molecule has 0 unspecified atom stereocenters. The highest BCUT2D eigenvalue weighted by Gasteiger charge is 2.23. The van der Waals surface area contributed by atoms with E-state index in [1.807, 2.05) is 0 Å². The van der Waals surface area contributed by atoms with Crippen LogP contribution in [0.1, 0.15) is 17.3 Å². The van der Waals surface area contributed by atoms with Gasteiger partial charge in [0.1, 0.15) is 5.75 Å². The molecule has 0 N–H and O–H groups in total. The van der Waals surface area contributed by atoms with E-state index in [1.165, 1.54) is 0 Å². The van der Waals surface area contributed by atoms with Gasteiger partial charge in [-0.2, -0.15) is 0 Å². The molecule has 0 bridgehead atoms. The first-order valence-corrected chi connectivity index (χ1v) is 7.20. The first-order chi connectivity index (χ1) is 10.0. The van der Waals surface area contributed by atoms with E-state index < -0.39 is 23.4 Å². The Kier molecular flexibility index (Phi) is 5.11. The Balaban J connectivity index is 2.41. The highest BCUT2D eigenvalue weighted by Crippen LogP contribution is 2.32. The first kappa shape index (κ1) is 15.7. The molecule has 0 aliphatic heterocycles. The Morgan fingerprint density at radius 1 is 1.24 bits per heavy atom. The Labute approximate surface area is 134 Å². The molecule has 0 saturated carbocycles. The first-order valence-electron chi connectivity index (χ1n) is 6.12. The molecule has 6 heteroatoms. The second kappa shape index (κ2) is 6.84. The van der Waals surface area contributed by atoms with Gasteiger partial charge in [0, 0.05) is 0 Å². The number of ether oxygens (including phenoxy) is 2. The molecule has 2 aromatic rings. The molecular formula is C15H11F2IO3. The number of benzene rings is 2. The largest absolute Gasteiger partial charge is 0.462 e. The van der Waals surface area contributed by atoms with Gasteiger partial charge < -0.3 is 9.47 Å². The Morgan fingerprint density at radius 2 is 1.90 bits per heavy atom. The monoisotopic (exact) mass is 404 g/mol. The second-order valence-electron chi connectivity index (χ2n) is 4.00. The minimum absolute atomic E-state index is 0.0432. The molecule has 0 aliphatic carbocycles. The van der Waals surface area contributed by atoms with Crippen molar-refractivity contribution in [1.82, 2.24) is 0 Å². The maximum atomic E-state index is 14.2. The van der Waals surface area contributed by atoms with Crippen molar-refractivity contribution in [1.29, 1.82) is 0 Å². The van der Waals surface area contributed by atoms with E-state index >= 15 is 0 Å². The number of carbonyl (C=O) groups is 1. The minimum Gasteiger partial charge on any atom is -0.462 e. The predicted octanol–water partition coefficient (Wildman–Crippen LogP) is 4.54. The summed E-state index contributed by atoms with van der Waals surface area (Å²) in [6, 6.07) is 9.19. The molecule has 0 amide bonds. The van der Waals surface area contributed by atoms with Gasteiger partial charge in [0.15, 0.2) is 17.4 Å². The van der Waals surface area contributed by atoms with Gasteiger partial charge in [0.05, 0.1) is 15.7 Å². The van der Waals surface area contributed by atoms with Crippen LogP contribution >= 0.6 is 22.6 Å². The third kappa shape index (κ3) is 3.49. The quantitative estimate of drug-likeness (QED) is 0.427. The average Bonchev–Trinajstić information content (AvgIpc) is 2.48. The molecule has 2 rings (SSSR count). The Bertz CT molecular complexity index is 660. The van der Waals surface area contributed by atoms with Crippen molar-refractivity contribution in [3.05, 3.63) is 57.2 Å².